The Bertz CT molecular complexity index is 1100. The molecule has 1 aromatic carbocycles. The Morgan fingerprint density at radius 3 is 2.78 bits per heavy atom. The van der Waals surface area contributed by atoms with Crippen molar-refractivity contribution in [2.75, 3.05) is 5.32 Å². The number of nitriles is 1. The maximum Gasteiger partial charge on any atom is 0.277 e. The molecule has 0 spiro atoms. The van der Waals surface area contributed by atoms with E-state index in [0.717, 1.165) is 52.2 Å². The third-order valence-electron chi connectivity index (χ3n) is 5.21. The van der Waals surface area contributed by atoms with Crippen molar-refractivity contribution in [3.8, 4) is 11.8 Å². The van der Waals surface area contributed by atoms with Gasteiger partial charge in [0.05, 0.1) is 11.3 Å². The van der Waals surface area contributed by atoms with Crippen LogP contribution in [0.5, 0.6) is 0 Å². The summed E-state index contributed by atoms with van der Waals surface area (Å²) in [5, 5.41) is 17.6. The fourth-order valence-corrected chi connectivity index (χ4v) is 4.64. The number of aromatic nitrogens is 2. The van der Waals surface area contributed by atoms with E-state index in [-0.39, 0.29) is 5.91 Å². The summed E-state index contributed by atoms with van der Waals surface area (Å²) in [6.45, 7) is 5.92. The molecule has 0 radical (unpaired) electrons. The first kappa shape index (κ1) is 17.5. The Labute approximate surface area is 162 Å². The first-order valence-electron chi connectivity index (χ1n) is 8.99. The molecule has 6 heteroatoms. The summed E-state index contributed by atoms with van der Waals surface area (Å²) in [4.78, 5) is 14.0. The quantitative estimate of drug-likeness (QED) is 0.733. The molecule has 2 aromatic heterocycles. The Kier molecular flexibility index (Phi) is 4.33. The van der Waals surface area contributed by atoms with Gasteiger partial charge in [0.1, 0.15) is 11.1 Å². The molecule has 1 N–H and O–H groups in total. The zero-order chi connectivity index (χ0) is 19.1. The molecule has 0 fully saturated rings. The van der Waals surface area contributed by atoms with Gasteiger partial charge in [-0.1, -0.05) is 18.2 Å². The highest BCUT2D eigenvalue weighted by Gasteiger charge is 2.28. The van der Waals surface area contributed by atoms with Gasteiger partial charge in [-0.15, -0.1) is 11.3 Å². The second-order valence-electron chi connectivity index (χ2n) is 6.88. The summed E-state index contributed by atoms with van der Waals surface area (Å²) in [7, 11) is 0. The average molecular weight is 376 g/mol. The highest BCUT2D eigenvalue weighted by molar-refractivity contribution is 7.16. The summed E-state index contributed by atoms with van der Waals surface area (Å²) < 4.78 is 1.92. The number of nitrogens with zero attached hydrogens (tertiary/aromatic N) is 3. The Hall–Kier alpha value is -2.91. The molecule has 2 heterocycles. The van der Waals surface area contributed by atoms with Crippen molar-refractivity contribution in [3.05, 3.63) is 62.8 Å². The zero-order valence-electron chi connectivity index (χ0n) is 15.6. The van der Waals surface area contributed by atoms with Crippen molar-refractivity contribution in [2.24, 2.45) is 0 Å². The SMILES string of the molecule is Cc1ccccc1-n1nc(C(=O)Nc2sc(C)c(C)c2C#N)c2c1CCC2. The van der Waals surface area contributed by atoms with Gasteiger partial charge in [0, 0.05) is 16.1 Å². The molecule has 136 valence electrons. The third-order valence-corrected chi connectivity index (χ3v) is 6.34. The van der Waals surface area contributed by atoms with E-state index in [1.54, 1.807) is 0 Å². The lowest BCUT2D eigenvalue weighted by atomic mass is 10.1. The lowest BCUT2D eigenvalue weighted by Gasteiger charge is -2.08. The van der Waals surface area contributed by atoms with Crippen LogP contribution in [0.15, 0.2) is 24.3 Å². The van der Waals surface area contributed by atoms with Gasteiger partial charge < -0.3 is 5.32 Å². The van der Waals surface area contributed by atoms with Crippen LogP contribution in [0.25, 0.3) is 5.69 Å². The highest BCUT2D eigenvalue weighted by Crippen LogP contribution is 2.33. The molecule has 1 amide bonds. The van der Waals surface area contributed by atoms with Crippen LogP contribution in [0, 0.1) is 32.1 Å². The Morgan fingerprint density at radius 1 is 1.26 bits per heavy atom. The average Bonchev–Trinajstić information content (AvgIpc) is 3.31. The summed E-state index contributed by atoms with van der Waals surface area (Å²) >= 11 is 1.44. The van der Waals surface area contributed by atoms with E-state index < -0.39 is 0 Å². The molecule has 5 nitrogen and oxygen atoms in total. The standard InChI is InChI=1S/C21H20N4OS/c1-12-7-4-5-9-17(12)25-18-10-6-8-15(18)19(24-25)20(26)23-21-16(11-22)13(2)14(3)27-21/h4-5,7,9H,6,8,10H2,1-3H3,(H,23,26). The van der Waals surface area contributed by atoms with E-state index in [1.807, 2.05) is 36.7 Å². The largest absolute Gasteiger partial charge is 0.311 e. The van der Waals surface area contributed by atoms with Crippen LogP contribution >= 0.6 is 11.3 Å². The van der Waals surface area contributed by atoms with Crippen molar-refractivity contribution in [3.63, 3.8) is 0 Å². The number of benzene rings is 1. The van der Waals surface area contributed by atoms with Gasteiger partial charge in [0.15, 0.2) is 5.69 Å². The molecule has 0 bridgehead atoms. The topological polar surface area (TPSA) is 70.7 Å². The summed E-state index contributed by atoms with van der Waals surface area (Å²) in [6, 6.07) is 10.3. The van der Waals surface area contributed by atoms with Crippen LogP contribution in [-0.2, 0) is 12.8 Å². The molecule has 1 aliphatic rings. The first-order chi connectivity index (χ1) is 13.0. The number of anilines is 1. The van der Waals surface area contributed by atoms with Gasteiger partial charge in [-0.05, 0) is 57.2 Å². The predicted molar refractivity (Wildman–Crippen MR) is 107 cm³/mol. The van der Waals surface area contributed by atoms with E-state index in [9.17, 15) is 10.1 Å². The number of amides is 1. The van der Waals surface area contributed by atoms with Gasteiger partial charge in [0.2, 0.25) is 0 Å². The molecule has 27 heavy (non-hydrogen) atoms. The van der Waals surface area contributed by atoms with Crippen molar-refractivity contribution >= 4 is 22.2 Å². The normalized spacial score (nSPS) is 12.7. The van der Waals surface area contributed by atoms with E-state index in [4.69, 9.17) is 0 Å². The molecular weight excluding hydrogens is 356 g/mol. The van der Waals surface area contributed by atoms with E-state index in [2.05, 4.69) is 29.5 Å². The fourth-order valence-electron chi connectivity index (χ4n) is 3.63. The lowest BCUT2D eigenvalue weighted by molar-refractivity contribution is 0.102. The molecule has 3 aromatic rings. The monoisotopic (exact) mass is 376 g/mol. The second kappa shape index (κ2) is 6.67. The maximum absolute atomic E-state index is 13.0. The molecule has 1 aliphatic carbocycles. The van der Waals surface area contributed by atoms with Gasteiger partial charge in [0.25, 0.3) is 5.91 Å². The number of nitrogens with one attached hydrogen (secondary N) is 1. The van der Waals surface area contributed by atoms with Crippen LogP contribution in [0.2, 0.25) is 0 Å². The molecule has 0 aliphatic heterocycles. The fraction of sp³-hybridized carbons (Fsp3) is 0.286. The van der Waals surface area contributed by atoms with Crippen LogP contribution in [0.3, 0.4) is 0 Å². The number of fused-ring (bicyclic) bond motifs is 1. The van der Waals surface area contributed by atoms with Gasteiger partial charge in [-0.25, -0.2) is 4.68 Å². The number of thiophene rings is 1. The molecule has 0 saturated heterocycles. The second-order valence-corrected chi connectivity index (χ2v) is 8.10. The van der Waals surface area contributed by atoms with Crippen LogP contribution in [0.1, 0.15) is 49.7 Å². The van der Waals surface area contributed by atoms with E-state index >= 15 is 0 Å². The van der Waals surface area contributed by atoms with Crippen molar-refractivity contribution < 1.29 is 4.79 Å². The predicted octanol–water partition coefficient (Wildman–Crippen LogP) is 4.47. The minimum atomic E-state index is -0.238. The van der Waals surface area contributed by atoms with E-state index in [0.29, 0.717) is 16.3 Å². The van der Waals surface area contributed by atoms with Gasteiger partial charge in [-0.2, -0.15) is 10.4 Å². The minimum absolute atomic E-state index is 0.238. The number of para-hydroxylation sites is 1. The summed E-state index contributed by atoms with van der Waals surface area (Å²) in [6.07, 6.45) is 2.81. The first-order valence-corrected chi connectivity index (χ1v) is 9.81. The molecule has 0 saturated carbocycles. The molecular formula is C21H20N4OS. The number of carbonyl (C=O) groups excluding carboxylic acids is 1. The summed E-state index contributed by atoms with van der Waals surface area (Å²) in [5.74, 6) is -0.238. The highest BCUT2D eigenvalue weighted by atomic mass is 32.1. The van der Waals surface area contributed by atoms with Crippen LogP contribution in [0.4, 0.5) is 5.00 Å². The maximum atomic E-state index is 13.0. The van der Waals surface area contributed by atoms with Crippen molar-refractivity contribution in [2.45, 2.75) is 40.0 Å². The number of aryl methyl sites for hydroxylation is 2. The number of carbonyl (C=O) groups is 1. The molecule has 4 rings (SSSR count). The Balaban J connectivity index is 1.74. The van der Waals surface area contributed by atoms with Crippen LogP contribution in [-0.4, -0.2) is 15.7 Å². The van der Waals surface area contributed by atoms with E-state index in [1.165, 1.54) is 11.3 Å². The smallest absolute Gasteiger partial charge is 0.277 e. The zero-order valence-corrected chi connectivity index (χ0v) is 16.4. The van der Waals surface area contributed by atoms with Crippen molar-refractivity contribution in [1.82, 2.24) is 9.78 Å². The van der Waals surface area contributed by atoms with Crippen LogP contribution < -0.4 is 5.32 Å². The van der Waals surface area contributed by atoms with Gasteiger partial charge >= 0.3 is 0 Å². The summed E-state index contributed by atoms with van der Waals surface area (Å²) in [5.41, 5.74) is 6.22. The third kappa shape index (κ3) is 2.84. The van der Waals surface area contributed by atoms with Gasteiger partial charge in [-0.3, -0.25) is 4.79 Å². The minimum Gasteiger partial charge on any atom is -0.311 e. The number of rotatable bonds is 3. The van der Waals surface area contributed by atoms with Crippen molar-refractivity contribution in [1.29, 1.82) is 5.26 Å². The lowest BCUT2D eigenvalue weighted by Crippen LogP contribution is -2.15. The number of hydrogen-bond donors (Lipinski definition) is 1. The molecule has 0 unspecified atom stereocenters. The number of hydrogen-bond acceptors (Lipinski definition) is 4. The molecule has 0 atom stereocenters. The Morgan fingerprint density at radius 2 is 2.04 bits per heavy atom.